The van der Waals surface area contributed by atoms with Gasteiger partial charge >= 0.3 is 0 Å². The normalized spacial score (nSPS) is 14.2. The maximum absolute atomic E-state index is 2.36. The Hall–Kier alpha value is -2.34. The molecule has 0 N–H and O–H groups in total. The number of hydrogen-bond acceptors (Lipinski definition) is 0. The van der Waals surface area contributed by atoms with Gasteiger partial charge in [-0.3, -0.25) is 0 Å². The van der Waals surface area contributed by atoms with Crippen molar-refractivity contribution in [2.45, 2.75) is 46.0 Å². The predicted octanol–water partition coefficient (Wildman–Crippen LogP) is 6.92. The average Bonchev–Trinajstić information content (AvgIpc) is 2.84. The van der Waals surface area contributed by atoms with E-state index in [2.05, 4.69) is 88.4 Å². The van der Waals surface area contributed by atoms with Crippen molar-refractivity contribution in [1.82, 2.24) is 0 Å². The van der Waals surface area contributed by atoms with Crippen LogP contribution in [0.15, 0.2) is 60.7 Å². The van der Waals surface area contributed by atoms with Crippen LogP contribution in [0.25, 0.3) is 22.3 Å². The maximum atomic E-state index is 2.36. The molecular weight excluding hydrogens is 300 g/mol. The molecule has 0 saturated carbocycles. The van der Waals surface area contributed by atoms with Crippen LogP contribution in [-0.4, -0.2) is 0 Å². The van der Waals surface area contributed by atoms with E-state index < -0.39 is 0 Å². The van der Waals surface area contributed by atoms with Crippen molar-refractivity contribution in [2.75, 3.05) is 0 Å². The standard InChI is InChI=1S/C25H26/c1-5-10-18-11-6-7-12-19(18)23-17(2)15-16-22-24(23)20-13-8-9-14-21(20)25(22,3)4/h6-9,11-16H,5,10H2,1-4H3. The minimum absolute atomic E-state index is 0.0636. The van der Waals surface area contributed by atoms with Crippen LogP contribution < -0.4 is 0 Å². The van der Waals surface area contributed by atoms with Crippen LogP contribution in [-0.2, 0) is 11.8 Å². The third kappa shape index (κ3) is 2.35. The molecule has 0 heterocycles. The SMILES string of the molecule is CCCc1ccccc1-c1c(C)ccc2c1-c1ccccc1C2(C)C. The van der Waals surface area contributed by atoms with Gasteiger partial charge in [0.25, 0.3) is 0 Å². The number of hydrogen-bond donors (Lipinski definition) is 0. The predicted molar refractivity (Wildman–Crippen MR) is 108 cm³/mol. The van der Waals surface area contributed by atoms with Crippen LogP contribution in [0.5, 0.6) is 0 Å². The van der Waals surface area contributed by atoms with E-state index in [0.717, 1.165) is 6.42 Å². The highest BCUT2D eigenvalue weighted by Gasteiger charge is 2.37. The molecule has 0 atom stereocenters. The van der Waals surface area contributed by atoms with E-state index in [0.29, 0.717) is 0 Å². The van der Waals surface area contributed by atoms with Gasteiger partial charge in [-0.1, -0.05) is 87.9 Å². The molecule has 0 radical (unpaired) electrons. The molecular formula is C25H26. The van der Waals surface area contributed by atoms with E-state index >= 15 is 0 Å². The number of rotatable bonds is 3. The Morgan fingerprint density at radius 1 is 0.720 bits per heavy atom. The van der Waals surface area contributed by atoms with Gasteiger partial charge in [-0.2, -0.15) is 0 Å². The molecule has 1 aliphatic carbocycles. The summed E-state index contributed by atoms with van der Waals surface area (Å²) in [6.45, 7) is 9.23. The summed E-state index contributed by atoms with van der Waals surface area (Å²) in [5.74, 6) is 0. The molecule has 0 spiro atoms. The molecule has 3 aromatic carbocycles. The Morgan fingerprint density at radius 3 is 2.16 bits per heavy atom. The summed E-state index contributed by atoms with van der Waals surface area (Å²) >= 11 is 0. The van der Waals surface area contributed by atoms with Crippen molar-refractivity contribution in [2.24, 2.45) is 0 Å². The number of aryl methyl sites for hydroxylation is 2. The maximum Gasteiger partial charge on any atom is 0.0159 e. The molecule has 0 amide bonds. The van der Waals surface area contributed by atoms with Gasteiger partial charge in [-0.25, -0.2) is 0 Å². The molecule has 0 aromatic heterocycles. The first-order valence-electron chi connectivity index (χ1n) is 9.38. The lowest BCUT2D eigenvalue weighted by atomic mass is 9.81. The van der Waals surface area contributed by atoms with E-state index in [-0.39, 0.29) is 5.41 Å². The molecule has 1 aliphatic rings. The summed E-state index contributed by atoms with van der Waals surface area (Å²) < 4.78 is 0. The highest BCUT2D eigenvalue weighted by Crippen LogP contribution is 2.53. The Morgan fingerprint density at radius 2 is 1.40 bits per heavy atom. The Kier molecular flexibility index (Phi) is 3.80. The molecule has 0 heteroatoms. The smallest absolute Gasteiger partial charge is 0.0159 e. The lowest BCUT2D eigenvalue weighted by molar-refractivity contribution is 0.660. The highest BCUT2D eigenvalue weighted by atomic mass is 14.4. The molecule has 0 nitrogen and oxygen atoms in total. The van der Waals surface area contributed by atoms with E-state index in [1.165, 1.54) is 50.9 Å². The van der Waals surface area contributed by atoms with E-state index in [4.69, 9.17) is 0 Å². The summed E-state index contributed by atoms with van der Waals surface area (Å²) in [7, 11) is 0. The number of fused-ring (bicyclic) bond motifs is 3. The van der Waals surface area contributed by atoms with Crippen molar-refractivity contribution in [3.05, 3.63) is 82.9 Å². The fourth-order valence-corrected chi connectivity index (χ4v) is 4.50. The fraction of sp³-hybridized carbons (Fsp3) is 0.280. The Balaban J connectivity index is 2.08. The van der Waals surface area contributed by atoms with Crippen molar-refractivity contribution in [3.63, 3.8) is 0 Å². The Bertz CT molecular complexity index is 944. The summed E-state index contributed by atoms with van der Waals surface area (Å²) in [4.78, 5) is 0. The van der Waals surface area contributed by atoms with Crippen molar-refractivity contribution < 1.29 is 0 Å². The highest BCUT2D eigenvalue weighted by molar-refractivity contribution is 5.94. The first kappa shape index (κ1) is 16.1. The van der Waals surface area contributed by atoms with Crippen LogP contribution in [0.3, 0.4) is 0 Å². The van der Waals surface area contributed by atoms with Crippen molar-refractivity contribution in [1.29, 1.82) is 0 Å². The zero-order valence-electron chi connectivity index (χ0n) is 15.7. The second kappa shape index (κ2) is 5.88. The van der Waals surface area contributed by atoms with Gasteiger partial charge in [0.15, 0.2) is 0 Å². The van der Waals surface area contributed by atoms with Crippen LogP contribution in [0.1, 0.15) is 49.4 Å². The quantitative estimate of drug-likeness (QED) is 0.490. The van der Waals surface area contributed by atoms with Crippen LogP contribution in [0.4, 0.5) is 0 Å². The zero-order valence-corrected chi connectivity index (χ0v) is 15.7. The Labute approximate surface area is 151 Å². The van der Waals surface area contributed by atoms with Crippen LogP contribution in [0, 0.1) is 6.92 Å². The second-order valence-corrected chi connectivity index (χ2v) is 7.76. The van der Waals surface area contributed by atoms with Crippen molar-refractivity contribution in [3.8, 4) is 22.3 Å². The van der Waals surface area contributed by atoms with Gasteiger partial charge in [-0.05, 0) is 57.9 Å². The summed E-state index contributed by atoms with van der Waals surface area (Å²) in [5, 5.41) is 0. The summed E-state index contributed by atoms with van der Waals surface area (Å²) in [6, 6.07) is 22.6. The molecule has 0 unspecified atom stereocenters. The first-order chi connectivity index (χ1) is 12.1. The minimum Gasteiger partial charge on any atom is -0.0651 e. The van der Waals surface area contributed by atoms with Gasteiger partial charge in [0.2, 0.25) is 0 Å². The third-order valence-corrected chi connectivity index (χ3v) is 5.76. The van der Waals surface area contributed by atoms with Gasteiger partial charge in [0.05, 0.1) is 0 Å². The van der Waals surface area contributed by atoms with Gasteiger partial charge < -0.3 is 0 Å². The fourth-order valence-electron chi connectivity index (χ4n) is 4.50. The van der Waals surface area contributed by atoms with Crippen molar-refractivity contribution >= 4 is 0 Å². The van der Waals surface area contributed by atoms with Crippen LogP contribution in [0.2, 0.25) is 0 Å². The van der Waals surface area contributed by atoms with E-state index in [1.54, 1.807) is 0 Å². The lowest BCUT2D eigenvalue weighted by Gasteiger charge is -2.22. The van der Waals surface area contributed by atoms with Gasteiger partial charge in [0.1, 0.15) is 0 Å². The number of benzene rings is 3. The first-order valence-corrected chi connectivity index (χ1v) is 9.38. The largest absolute Gasteiger partial charge is 0.0651 e. The van der Waals surface area contributed by atoms with Crippen LogP contribution >= 0.6 is 0 Å². The molecule has 25 heavy (non-hydrogen) atoms. The zero-order chi connectivity index (χ0) is 17.6. The molecule has 0 aliphatic heterocycles. The molecule has 4 rings (SSSR count). The summed E-state index contributed by atoms with van der Waals surface area (Å²) in [6.07, 6.45) is 2.30. The summed E-state index contributed by atoms with van der Waals surface area (Å²) in [5.41, 5.74) is 11.5. The van der Waals surface area contributed by atoms with Gasteiger partial charge in [0, 0.05) is 5.41 Å². The monoisotopic (exact) mass is 326 g/mol. The van der Waals surface area contributed by atoms with E-state index in [9.17, 15) is 0 Å². The second-order valence-electron chi connectivity index (χ2n) is 7.76. The molecule has 0 fully saturated rings. The molecule has 126 valence electrons. The molecule has 0 bridgehead atoms. The van der Waals surface area contributed by atoms with Gasteiger partial charge in [-0.15, -0.1) is 0 Å². The molecule has 3 aromatic rings. The lowest BCUT2D eigenvalue weighted by Crippen LogP contribution is -2.14. The minimum atomic E-state index is 0.0636. The molecule has 0 saturated heterocycles. The average molecular weight is 326 g/mol. The van der Waals surface area contributed by atoms with E-state index in [1.807, 2.05) is 0 Å². The third-order valence-electron chi connectivity index (χ3n) is 5.76. The topological polar surface area (TPSA) is 0 Å².